The minimum atomic E-state index is 0.129. The van der Waals surface area contributed by atoms with Crippen LogP contribution in [0.3, 0.4) is 0 Å². The van der Waals surface area contributed by atoms with E-state index in [0.717, 1.165) is 35.5 Å². The third-order valence-electron chi connectivity index (χ3n) is 6.04. The second kappa shape index (κ2) is 8.03. The average molecular weight is 396 g/mol. The molecular weight excluding hydrogens is 366 g/mol. The molecule has 2 aliphatic heterocycles. The number of hydrogen-bond donors (Lipinski definition) is 0. The summed E-state index contributed by atoms with van der Waals surface area (Å²) < 4.78 is 7.15. The first-order chi connectivity index (χ1) is 13.9. The summed E-state index contributed by atoms with van der Waals surface area (Å²) in [5.74, 6) is 1.53. The van der Waals surface area contributed by atoms with Crippen LogP contribution in [0.1, 0.15) is 29.2 Å². The molecule has 4 rings (SSSR count). The smallest absolute Gasteiger partial charge is 0.255 e. The standard InChI is InChI=1S/C23H29N3O3/c1-24(2)14-18-6-9-21-19-10-17(13-26(21)23(18)28)12-25(15-19)22(27)11-16-4-7-20(29-3)8-5-16/h4-9,17,19H,10-15H2,1-3H3/t17-,19+/m0/s1. The number of rotatable bonds is 5. The molecule has 2 aromatic rings. The second-order valence-electron chi connectivity index (χ2n) is 8.56. The molecule has 6 nitrogen and oxygen atoms in total. The SMILES string of the molecule is COc1ccc(CC(=O)N2C[C@@H]3C[C@H](C2)c2ccc(CN(C)C)c(=O)n2C3)cc1. The van der Waals surface area contributed by atoms with E-state index in [1.807, 2.05) is 58.8 Å². The molecule has 1 saturated heterocycles. The van der Waals surface area contributed by atoms with Gasteiger partial charge in [0.2, 0.25) is 5.91 Å². The number of carbonyl (C=O) groups excluding carboxylic acids is 1. The molecule has 2 atom stereocenters. The average Bonchev–Trinajstić information content (AvgIpc) is 2.70. The molecule has 1 aromatic heterocycles. The van der Waals surface area contributed by atoms with Crippen molar-refractivity contribution >= 4 is 5.91 Å². The van der Waals surface area contributed by atoms with Crippen LogP contribution >= 0.6 is 0 Å². The van der Waals surface area contributed by atoms with Gasteiger partial charge in [0, 0.05) is 43.4 Å². The molecule has 2 bridgehead atoms. The van der Waals surface area contributed by atoms with Gasteiger partial charge < -0.3 is 19.1 Å². The molecule has 6 heteroatoms. The zero-order chi connectivity index (χ0) is 20.5. The van der Waals surface area contributed by atoms with E-state index >= 15 is 0 Å². The first-order valence-electron chi connectivity index (χ1n) is 10.2. The molecule has 0 unspecified atom stereocenters. The number of nitrogens with zero attached hydrogens (tertiary/aromatic N) is 3. The van der Waals surface area contributed by atoms with Crippen LogP contribution in [-0.4, -0.2) is 54.6 Å². The largest absolute Gasteiger partial charge is 0.497 e. The summed E-state index contributed by atoms with van der Waals surface area (Å²) in [7, 11) is 5.59. The number of pyridine rings is 1. The van der Waals surface area contributed by atoms with Gasteiger partial charge >= 0.3 is 0 Å². The van der Waals surface area contributed by atoms with Crippen LogP contribution in [0, 0.1) is 5.92 Å². The number of piperidine rings is 1. The number of amides is 1. The normalized spacial score (nSPS) is 20.5. The van der Waals surface area contributed by atoms with E-state index in [-0.39, 0.29) is 17.4 Å². The Morgan fingerprint density at radius 1 is 1.10 bits per heavy atom. The van der Waals surface area contributed by atoms with Gasteiger partial charge in [-0.1, -0.05) is 18.2 Å². The maximum atomic E-state index is 12.9. The van der Waals surface area contributed by atoms with Crippen LogP contribution < -0.4 is 10.3 Å². The van der Waals surface area contributed by atoms with Crippen molar-refractivity contribution in [2.75, 3.05) is 34.3 Å². The summed E-state index contributed by atoms with van der Waals surface area (Å²) in [4.78, 5) is 29.9. The lowest BCUT2D eigenvalue weighted by molar-refractivity contribution is -0.133. The van der Waals surface area contributed by atoms with Crippen molar-refractivity contribution in [3.05, 3.63) is 63.6 Å². The van der Waals surface area contributed by atoms with Crippen LogP contribution in [0.15, 0.2) is 41.2 Å². The highest BCUT2D eigenvalue weighted by molar-refractivity contribution is 5.79. The summed E-state index contributed by atoms with van der Waals surface area (Å²) in [6.45, 7) is 2.78. The van der Waals surface area contributed by atoms with Crippen LogP contribution in [0.2, 0.25) is 0 Å². The van der Waals surface area contributed by atoms with Crippen molar-refractivity contribution in [3.8, 4) is 5.75 Å². The van der Waals surface area contributed by atoms with Crippen LogP contribution in [-0.2, 0) is 24.3 Å². The Morgan fingerprint density at radius 3 is 2.55 bits per heavy atom. The fourth-order valence-electron chi connectivity index (χ4n) is 4.69. The van der Waals surface area contributed by atoms with E-state index in [2.05, 4.69) is 6.07 Å². The molecule has 1 amide bonds. The number of fused-ring (bicyclic) bond motifs is 4. The van der Waals surface area contributed by atoms with E-state index in [1.54, 1.807) is 7.11 Å². The van der Waals surface area contributed by atoms with Crippen molar-refractivity contribution in [3.63, 3.8) is 0 Å². The molecule has 0 aliphatic carbocycles. The fraction of sp³-hybridized carbons (Fsp3) is 0.478. The van der Waals surface area contributed by atoms with Crippen LogP contribution in [0.25, 0.3) is 0 Å². The predicted octanol–water partition coefficient (Wildman–Crippen LogP) is 2.11. The highest BCUT2D eigenvalue weighted by Gasteiger charge is 2.36. The zero-order valence-corrected chi connectivity index (χ0v) is 17.4. The minimum absolute atomic E-state index is 0.129. The fourth-order valence-corrected chi connectivity index (χ4v) is 4.69. The Labute approximate surface area is 171 Å². The van der Waals surface area contributed by atoms with Crippen LogP contribution in [0.5, 0.6) is 5.75 Å². The third-order valence-corrected chi connectivity index (χ3v) is 6.04. The quantitative estimate of drug-likeness (QED) is 0.778. The van der Waals surface area contributed by atoms with Gasteiger partial charge in [-0.15, -0.1) is 0 Å². The Hall–Kier alpha value is -2.60. The molecule has 0 spiro atoms. The molecule has 154 valence electrons. The monoisotopic (exact) mass is 395 g/mol. The predicted molar refractivity (Wildman–Crippen MR) is 112 cm³/mol. The van der Waals surface area contributed by atoms with Gasteiger partial charge in [-0.2, -0.15) is 0 Å². The molecule has 0 N–H and O–H groups in total. The maximum absolute atomic E-state index is 12.9. The number of hydrogen-bond acceptors (Lipinski definition) is 4. The van der Waals surface area contributed by atoms with E-state index in [0.29, 0.717) is 32.0 Å². The number of methoxy groups -OCH3 is 1. The molecule has 2 aliphatic rings. The van der Waals surface area contributed by atoms with Gasteiger partial charge in [0.25, 0.3) is 5.56 Å². The van der Waals surface area contributed by atoms with Crippen molar-refractivity contribution in [1.82, 2.24) is 14.4 Å². The first kappa shape index (κ1) is 19.7. The zero-order valence-electron chi connectivity index (χ0n) is 17.4. The lowest BCUT2D eigenvalue weighted by Gasteiger charge is -2.43. The lowest BCUT2D eigenvalue weighted by atomic mass is 9.82. The van der Waals surface area contributed by atoms with Crippen molar-refractivity contribution < 1.29 is 9.53 Å². The Balaban J connectivity index is 1.50. The van der Waals surface area contributed by atoms with Gasteiger partial charge in [-0.3, -0.25) is 9.59 Å². The molecular formula is C23H29N3O3. The Kier molecular flexibility index (Phi) is 5.46. The van der Waals surface area contributed by atoms with Gasteiger partial charge in [-0.05, 0) is 50.2 Å². The van der Waals surface area contributed by atoms with E-state index in [1.165, 1.54) is 0 Å². The maximum Gasteiger partial charge on any atom is 0.255 e. The van der Waals surface area contributed by atoms with Crippen molar-refractivity contribution in [1.29, 1.82) is 0 Å². The van der Waals surface area contributed by atoms with E-state index in [9.17, 15) is 9.59 Å². The van der Waals surface area contributed by atoms with Crippen molar-refractivity contribution in [2.45, 2.75) is 31.8 Å². The molecule has 0 saturated carbocycles. The molecule has 1 aromatic carbocycles. The highest BCUT2D eigenvalue weighted by Crippen LogP contribution is 2.35. The summed E-state index contributed by atoms with van der Waals surface area (Å²) in [6.07, 6.45) is 1.46. The number of likely N-dealkylation sites (tertiary alicyclic amines) is 1. The molecule has 29 heavy (non-hydrogen) atoms. The highest BCUT2D eigenvalue weighted by atomic mass is 16.5. The number of ether oxygens (including phenoxy) is 1. The minimum Gasteiger partial charge on any atom is -0.497 e. The third kappa shape index (κ3) is 4.08. The molecule has 3 heterocycles. The number of aromatic nitrogens is 1. The summed E-state index contributed by atoms with van der Waals surface area (Å²) in [6, 6.07) is 11.7. The lowest BCUT2D eigenvalue weighted by Crippen LogP contribution is -2.49. The molecule has 1 fully saturated rings. The Morgan fingerprint density at radius 2 is 1.86 bits per heavy atom. The Bertz CT molecular complexity index is 949. The van der Waals surface area contributed by atoms with E-state index < -0.39 is 0 Å². The number of benzene rings is 1. The first-order valence-corrected chi connectivity index (χ1v) is 10.2. The molecule has 0 radical (unpaired) electrons. The van der Waals surface area contributed by atoms with Crippen molar-refractivity contribution in [2.24, 2.45) is 5.92 Å². The van der Waals surface area contributed by atoms with Gasteiger partial charge in [0.15, 0.2) is 0 Å². The number of carbonyl (C=O) groups is 1. The van der Waals surface area contributed by atoms with Gasteiger partial charge in [-0.25, -0.2) is 0 Å². The topological polar surface area (TPSA) is 54.8 Å². The summed E-state index contributed by atoms with van der Waals surface area (Å²) in [5.41, 5.74) is 3.04. The van der Waals surface area contributed by atoms with Gasteiger partial charge in [0.1, 0.15) is 5.75 Å². The van der Waals surface area contributed by atoms with Gasteiger partial charge in [0.05, 0.1) is 13.5 Å². The van der Waals surface area contributed by atoms with Crippen LogP contribution in [0.4, 0.5) is 0 Å². The second-order valence-corrected chi connectivity index (χ2v) is 8.56. The van der Waals surface area contributed by atoms with E-state index in [4.69, 9.17) is 4.74 Å². The summed E-state index contributed by atoms with van der Waals surface area (Å²) in [5, 5.41) is 0. The summed E-state index contributed by atoms with van der Waals surface area (Å²) >= 11 is 0.